The van der Waals surface area contributed by atoms with Crippen molar-refractivity contribution in [2.45, 2.75) is 33.2 Å². The first-order valence-corrected chi connectivity index (χ1v) is 7.75. The van der Waals surface area contributed by atoms with E-state index in [-0.39, 0.29) is 0 Å². The van der Waals surface area contributed by atoms with E-state index in [9.17, 15) is 0 Å². The summed E-state index contributed by atoms with van der Waals surface area (Å²) in [5.41, 5.74) is 4.17. The SMILES string of the molecule is Cc1cc(C)cc(CNCC2CCSCC2)c1. The Morgan fingerprint density at radius 3 is 2.41 bits per heavy atom. The highest BCUT2D eigenvalue weighted by molar-refractivity contribution is 7.99. The highest BCUT2D eigenvalue weighted by Crippen LogP contribution is 2.22. The molecule has 1 nitrogen and oxygen atoms in total. The van der Waals surface area contributed by atoms with E-state index in [4.69, 9.17) is 0 Å². The maximum Gasteiger partial charge on any atom is 0.0205 e. The number of rotatable bonds is 4. The van der Waals surface area contributed by atoms with Crippen molar-refractivity contribution in [2.75, 3.05) is 18.1 Å². The van der Waals surface area contributed by atoms with Crippen molar-refractivity contribution in [2.24, 2.45) is 5.92 Å². The zero-order chi connectivity index (χ0) is 12.1. The Balaban J connectivity index is 1.77. The molecule has 2 rings (SSSR count). The molecule has 1 aliphatic rings. The van der Waals surface area contributed by atoms with Crippen LogP contribution in [0.5, 0.6) is 0 Å². The Hall–Kier alpha value is -0.470. The molecule has 1 fully saturated rings. The van der Waals surface area contributed by atoms with Gasteiger partial charge in [0.15, 0.2) is 0 Å². The first-order valence-electron chi connectivity index (χ1n) is 6.59. The molecule has 0 amide bonds. The van der Waals surface area contributed by atoms with Crippen molar-refractivity contribution < 1.29 is 0 Å². The second-order valence-corrected chi connectivity index (χ2v) is 6.41. The van der Waals surface area contributed by atoms with Crippen LogP contribution in [0.25, 0.3) is 0 Å². The van der Waals surface area contributed by atoms with Crippen LogP contribution in [0.2, 0.25) is 0 Å². The van der Waals surface area contributed by atoms with Gasteiger partial charge in [-0.05, 0) is 56.2 Å². The number of hydrogen-bond donors (Lipinski definition) is 1. The van der Waals surface area contributed by atoms with Crippen molar-refractivity contribution in [3.05, 3.63) is 34.9 Å². The molecule has 1 aliphatic heterocycles. The zero-order valence-electron chi connectivity index (χ0n) is 11.0. The fourth-order valence-electron chi connectivity index (χ4n) is 2.54. The van der Waals surface area contributed by atoms with Crippen molar-refractivity contribution in [1.82, 2.24) is 5.32 Å². The molecular weight excluding hydrogens is 226 g/mol. The van der Waals surface area contributed by atoms with E-state index in [0.717, 1.165) is 12.5 Å². The quantitative estimate of drug-likeness (QED) is 0.876. The molecule has 2 heteroatoms. The summed E-state index contributed by atoms with van der Waals surface area (Å²) in [7, 11) is 0. The number of benzene rings is 1. The van der Waals surface area contributed by atoms with Gasteiger partial charge in [0, 0.05) is 6.54 Å². The standard InChI is InChI=1S/C15H23NS/c1-12-7-13(2)9-15(8-12)11-16-10-14-3-5-17-6-4-14/h7-9,14,16H,3-6,10-11H2,1-2H3. The Morgan fingerprint density at radius 1 is 1.12 bits per heavy atom. The summed E-state index contributed by atoms with van der Waals surface area (Å²) in [5.74, 6) is 3.62. The van der Waals surface area contributed by atoms with Gasteiger partial charge in [0.25, 0.3) is 0 Å². The van der Waals surface area contributed by atoms with Crippen LogP contribution in [-0.2, 0) is 6.54 Å². The van der Waals surface area contributed by atoms with Crippen LogP contribution in [-0.4, -0.2) is 18.1 Å². The summed E-state index contributed by atoms with van der Waals surface area (Å²) in [5, 5.41) is 3.62. The molecule has 1 aromatic carbocycles. The van der Waals surface area contributed by atoms with E-state index in [0.29, 0.717) is 0 Å². The van der Waals surface area contributed by atoms with Gasteiger partial charge in [-0.15, -0.1) is 0 Å². The van der Waals surface area contributed by atoms with Gasteiger partial charge in [0.2, 0.25) is 0 Å². The summed E-state index contributed by atoms with van der Waals surface area (Å²) in [6, 6.07) is 6.81. The summed E-state index contributed by atoms with van der Waals surface area (Å²) >= 11 is 2.10. The van der Waals surface area contributed by atoms with E-state index in [1.165, 1.54) is 47.6 Å². The van der Waals surface area contributed by atoms with E-state index >= 15 is 0 Å². The monoisotopic (exact) mass is 249 g/mol. The number of hydrogen-bond acceptors (Lipinski definition) is 2. The molecule has 1 aromatic rings. The predicted molar refractivity (Wildman–Crippen MR) is 77.7 cm³/mol. The minimum atomic E-state index is 0.905. The lowest BCUT2D eigenvalue weighted by atomic mass is 10.0. The lowest BCUT2D eigenvalue weighted by Crippen LogP contribution is -2.25. The second-order valence-electron chi connectivity index (χ2n) is 5.18. The topological polar surface area (TPSA) is 12.0 Å². The number of nitrogens with one attached hydrogen (secondary N) is 1. The predicted octanol–water partition coefficient (Wildman–Crippen LogP) is 3.54. The van der Waals surface area contributed by atoms with Crippen molar-refractivity contribution in [3.63, 3.8) is 0 Å². The Kier molecular flexibility index (Phi) is 4.93. The molecule has 1 N–H and O–H groups in total. The largest absolute Gasteiger partial charge is 0.312 e. The summed E-state index contributed by atoms with van der Waals surface area (Å²) in [6.07, 6.45) is 2.79. The van der Waals surface area contributed by atoms with E-state index in [1.54, 1.807) is 0 Å². The fourth-order valence-corrected chi connectivity index (χ4v) is 3.75. The van der Waals surface area contributed by atoms with Gasteiger partial charge < -0.3 is 5.32 Å². The Bertz CT molecular complexity index is 336. The molecule has 0 saturated carbocycles. The molecule has 0 spiro atoms. The molecule has 0 aliphatic carbocycles. The normalized spacial score (nSPS) is 17.3. The van der Waals surface area contributed by atoms with Gasteiger partial charge in [0.05, 0.1) is 0 Å². The molecule has 1 heterocycles. The average Bonchev–Trinajstić information content (AvgIpc) is 2.29. The molecule has 0 atom stereocenters. The van der Waals surface area contributed by atoms with Crippen LogP contribution in [0.1, 0.15) is 29.5 Å². The van der Waals surface area contributed by atoms with Gasteiger partial charge in [-0.25, -0.2) is 0 Å². The maximum absolute atomic E-state index is 3.62. The van der Waals surface area contributed by atoms with Crippen molar-refractivity contribution >= 4 is 11.8 Å². The van der Waals surface area contributed by atoms with Gasteiger partial charge in [-0.1, -0.05) is 29.3 Å². The molecular formula is C15H23NS. The van der Waals surface area contributed by atoms with Crippen LogP contribution in [0.4, 0.5) is 0 Å². The average molecular weight is 249 g/mol. The highest BCUT2D eigenvalue weighted by atomic mass is 32.2. The third-order valence-corrected chi connectivity index (χ3v) is 4.43. The molecule has 0 bridgehead atoms. The second kappa shape index (κ2) is 6.46. The van der Waals surface area contributed by atoms with E-state index in [1.807, 2.05) is 0 Å². The molecule has 0 aromatic heterocycles. The lowest BCUT2D eigenvalue weighted by Gasteiger charge is -2.21. The molecule has 0 unspecified atom stereocenters. The minimum absolute atomic E-state index is 0.905. The maximum atomic E-state index is 3.62. The molecule has 94 valence electrons. The number of aryl methyl sites for hydroxylation is 2. The van der Waals surface area contributed by atoms with Crippen LogP contribution in [0.3, 0.4) is 0 Å². The number of thioether (sulfide) groups is 1. The van der Waals surface area contributed by atoms with E-state index < -0.39 is 0 Å². The fraction of sp³-hybridized carbons (Fsp3) is 0.600. The van der Waals surface area contributed by atoms with Crippen LogP contribution >= 0.6 is 11.8 Å². The Labute approximate surface area is 109 Å². The van der Waals surface area contributed by atoms with Crippen molar-refractivity contribution in [1.29, 1.82) is 0 Å². The first kappa shape index (κ1) is 13.0. The van der Waals surface area contributed by atoms with E-state index in [2.05, 4.69) is 49.1 Å². The summed E-state index contributed by atoms with van der Waals surface area (Å²) in [6.45, 7) is 6.56. The van der Waals surface area contributed by atoms with Crippen LogP contribution in [0, 0.1) is 19.8 Å². The molecule has 1 saturated heterocycles. The van der Waals surface area contributed by atoms with Crippen LogP contribution < -0.4 is 5.32 Å². The van der Waals surface area contributed by atoms with Gasteiger partial charge in [-0.3, -0.25) is 0 Å². The highest BCUT2D eigenvalue weighted by Gasteiger charge is 2.12. The first-order chi connectivity index (χ1) is 8.24. The molecule has 17 heavy (non-hydrogen) atoms. The summed E-state index contributed by atoms with van der Waals surface area (Å²) < 4.78 is 0. The third kappa shape index (κ3) is 4.36. The van der Waals surface area contributed by atoms with Gasteiger partial charge in [-0.2, -0.15) is 11.8 Å². The zero-order valence-corrected chi connectivity index (χ0v) is 11.8. The minimum Gasteiger partial charge on any atom is -0.312 e. The van der Waals surface area contributed by atoms with Gasteiger partial charge in [0.1, 0.15) is 0 Å². The smallest absolute Gasteiger partial charge is 0.0205 e. The third-order valence-electron chi connectivity index (χ3n) is 3.38. The van der Waals surface area contributed by atoms with Gasteiger partial charge >= 0.3 is 0 Å². The van der Waals surface area contributed by atoms with Crippen molar-refractivity contribution in [3.8, 4) is 0 Å². The molecule has 0 radical (unpaired) electrons. The lowest BCUT2D eigenvalue weighted by molar-refractivity contribution is 0.447. The summed E-state index contributed by atoms with van der Waals surface area (Å²) in [4.78, 5) is 0. The van der Waals surface area contributed by atoms with Crippen LogP contribution in [0.15, 0.2) is 18.2 Å². The Morgan fingerprint density at radius 2 is 1.76 bits per heavy atom.